The van der Waals surface area contributed by atoms with Crippen LogP contribution in [0.1, 0.15) is 44.1 Å². The Morgan fingerprint density at radius 1 is 1.18 bits per heavy atom. The number of amides is 1. The maximum atomic E-state index is 12.4. The van der Waals surface area contributed by atoms with Gasteiger partial charge in [0.05, 0.1) is 7.11 Å². The van der Waals surface area contributed by atoms with Gasteiger partial charge in [-0.2, -0.15) is 4.98 Å². The molecule has 28 heavy (non-hydrogen) atoms. The zero-order chi connectivity index (χ0) is 19.9. The van der Waals surface area contributed by atoms with Gasteiger partial charge in [-0.3, -0.25) is 4.79 Å². The van der Waals surface area contributed by atoms with Crippen LogP contribution in [-0.2, 0) is 11.2 Å². The van der Waals surface area contributed by atoms with E-state index in [-0.39, 0.29) is 12.3 Å². The summed E-state index contributed by atoms with van der Waals surface area (Å²) in [6.45, 7) is 4.30. The summed E-state index contributed by atoms with van der Waals surface area (Å²) in [5, 5.41) is 7.00. The normalized spacial score (nSPS) is 11.8. The standard InChI is InChI=1S/C22H25N3O3/c1-4-15(2)18-7-5-6-8-19(18)23-20(26)13-14-21-24-22(25-28-21)16-9-11-17(27-3)12-10-16/h5-12,15H,4,13-14H2,1-3H3,(H,23,26)/t15-/m1/s1. The van der Waals surface area contributed by atoms with Crippen molar-refractivity contribution >= 4 is 11.6 Å². The highest BCUT2D eigenvalue weighted by molar-refractivity contribution is 5.91. The van der Waals surface area contributed by atoms with Crippen LogP contribution in [0.5, 0.6) is 5.75 Å². The van der Waals surface area contributed by atoms with E-state index in [9.17, 15) is 4.79 Å². The Labute approximate surface area is 164 Å². The highest BCUT2D eigenvalue weighted by Crippen LogP contribution is 2.26. The summed E-state index contributed by atoms with van der Waals surface area (Å²) >= 11 is 0. The summed E-state index contributed by atoms with van der Waals surface area (Å²) in [6.07, 6.45) is 1.68. The highest BCUT2D eigenvalue weighted by atomic mass is 16.5. The smallest absolute Gasteiger partial charge is 0.227 e. The van der Waals surface area contributed by atoms with Crippen LogP contribution in [0.25, 0.3) is 11.4 Å². The molecule has 2 aromatic carbocycles. The first-order valence-electron chi connectivity index (χ1n) is 9.46. The van der Waals surface area contributed by atoms with E-state index in [0.717, 1.165) is 29.0 Å². The average Bonchev–Trinajstić information content (AvgIpc) is 3.21. The molecule has 146 valence electrons. The fourth-order valence-electron chi connectivity index (χ4n) is 2.91. The van der Waals surface area contributed by atoms with Gasteiger partial charge in [0.15, 0.2) is 0 Å². The minimum Gasteiger partial charge on any atom is -0.497 e. The van der Waals surface area contributed by atoms with Crippen LogP contribution in [0, 0.1) is 0 Å². The lowest BCUT2D eigenvalue weighted by atomic mass is 9.97. The number of anilines is 1. The SMILES string of the molecule is CC[C@@H](C)c1ccccc1NC(=O)CCc1nc(-c2ccc(OC)cc2)no1. The largest absolute Gasteiger partial charge is 0.497 e. The van der Waals surface area contributed by atoms with Crippen molar-refractivity contribution in [2.75, 3.05) is 12.4 Å². The summed E-state index contributed by atoms with van der Waals surface area (Å²) < 4.78 is 10.4. The number of carbonyl (C=O) groups is 1. The zero-order valence-corrected chi connectivity index (χ0v) is 16.4. The molecular formula is C22H25N3O3. The van der Waals surface area contributed by atoms with E-state index in [1.165, 1.54) is 0 Å². The van der Waals surface area contributed by atoms with Gasteiger partial charge in [0.2, 0.25) is 17.6 Å². The highest BCUT2D eigenvalue weighted by Gasteiger charge is 2.13. The van der Waals surface area contributed by atoms with Gasteiger partial charge >= 0.3 is 0 Å². The fraction of sp³-hybridized carbons (Fsp3) is 0.318. The zero-order valence-electron chi connectivity index (χ0n) is 16.4. The minimum atomic E-state index is -0.0695. The van der Waals surface area contributed by atoms with Crippen LogP contribution in [0.2, 0.25) is 0 Å². The van der Waals surface area contributed by atoms with E-state index in [4.69, 9.17) is 9.26 Å². The third-order valence-corrected chi connectivity index (χ3v) is 4.76. The fourth-order valence-corrected chi connectivity index (χ4v) is 2.91. The first-order valence-corrected chi connectivity index (χ1v) is 9.46. The lowest BCUT2D eigenvalue weighted by Gasteiger charge is -2.15. The van der Waals surface area contributed by atoms with E-state index >= 15 is 0 Å². The second kappa shape index (κ2) is 9.17. The van der Waals surface area contributed by atoms with E-state index < -0.39 is 0 Å². The molecule has 0 spiro atoms. The maximum absolute atomic E-state index is 12.4. The van der Waals surface area contributed by atoms with E-state index in [0.29, 0.717) is 24.1 Å². The number of aromatic nitrogens is 2. The molecule has 6 nitrogen and oxygen atoms in total. The molecule has 0 aliphatic carbocycles. The molecule has 0 aliphatic heterocycles. The van der Waals surface area contributed by atoms with Crippen molar-refractivity contribution in [3.63, 3.8) is 0 Å². The molecule has 3 aromatic rings. The Kier molecular flexibility index (Phi) is 6.42. The van der Waals surface area contributed by atoms with E-state index in [1.807, 2.05) is 42.5 Å². The van der Waals surface area contributed by atoms with Gasteiger partial charge < -0.3 is 14.6 Å². The summed E-state index contributed by atoms with van der Waals surface area (Å²) in [6, 6.07) is 15.3. The number of aryl methyl sites for hydroxylation is 1. The van der Waals surface area contributed by atoms with Crippen LogP contribution in [0.3, 0.4) is 0 Å². The van der Waals surface area contributed by atoms with Crippen molar-refractivity contribution in [1.82, 2.24) is 10.1 Å². The van der Waals surface area contributed by atoms with Crippen LogP contribution < -0.4 is 10.1 Å². The lowest BCUT2D eigenvalue weighted by molar-refractivity contribution is -0.116. The second-order valence-corrected chi connectivity index (χ2v) is 6.68. The van der Waals surface area contributed by atoms with Crippen molar-refractivity contribution < 1.29 is 14.1 Å². The molecule has 6 heteroatoms. The van der Waals surface area contributed by atoms with Gasteiger partial charge in [0.25, 0.3) is 0 Å². The van der Waals surface area contributed by atoms with Gasteiger partial charge in [0, 0.05) is 24.1 Å². The number of ether oxygens (including phenoxy) is 1. The number of carbonyl (C=O) groups excluding carboxylic acids is 1. The molecule has 1 amide bonds. The number of rotatable bonds is 8. The Bertz CT molecular complexity index is 919. The Morgan fingerprint density at radius 2 is 1.93 bits per heavy atom. The Hall–Kier alpha value is -3.15. The number of benzene rings is 2. The molecule has 1 N–H and O–H groups in total. The molecule has 1 aromatic heterocycles. The third-order valence-electron chi connectivity index (χ3n) is 4.76. The number of hydrogen-bond acceptors (Lipinski definition) is 5. The van der Waals surface area contributed by atoms with Crippen molar-refractivity contribution in [2.45, 2.75) is 39.0 Å². The molecule has 0 aliphatic rings. The van der Waals surface area contributed by atoms with Gasteiger partial charge in [0.1, 0.15) is 5.75 Å². The Balaban J connectivity index is 1.59. The monoisotopic (exact) mass is 379 g/mol. The van der Waals surface area contributed by atoms with Crippen LogP contribution in [0.4, 0.5) is 5.69 Å². The number of para-hydroxylation sites is 1. The molecule has 0 saturated carbocycles. The van der Waals surface area contributed by atoms with Crippen LogP contribution in [-0.4, -0.2) is 23.2 Å². The number of nitrogens with one attached hydrogen (secondary N) is 1. The number of methoxy groups -OCH3 is 1. The van der Waals surface area contributed by atoms with Gasteiger partial charge in [-0.25, -0.2) is 0 Å². The minimum absolute atomic E-state index is 0.0695. The van der Waals surface area contributed by atoms with Crippen LogP contribution >= 0.6 is 0 Å². The molecule has 0 saturated heterocycles. The van der Waals surface area contributed by atoms with Gasteiger partial charge in [-0.05, 0) is 48.2 Å². The predicted octanol–water partition coefficient (Wildman–Crippen LogP) is 4.83. The van der Waals surface area contributed by atoms with Crippen molar-refractivity contribution in [3.05, 3.63) is 60.0 Å². The summed E-state index contributed by atoms with van der Waals surface area (Å²) in [7, 11) is 1.62. The molecule has 1 heterocycles. The lowest BCUT2D eigenvalue weighted by Crippen LogP contribution is -2.14. The first kappa shape index (κ1) is 19.6. The van der Waals surface area contributed by atoms with Crippen LogP contribution in [0.15, 0.2) is 53.1 Å². The van der Waals surface area contributed by atoms with Crippen molar-refractivity contribution in [1.29, 1.82) is 0 Å². The maximum Gasteiger partial charge on any atom is 0.227 e. The van der Waals surface area contributed by atoms with E-state index in [1.54, 1.807) is 7.11 Å². The quantitative estimate of drug-likeness (QED) is 0.606. The summed E-state index contributed by atoms with van der Waals surface area (Å²) in [4.78, 5) is 16.8. The molecule has 0 bridgehead atoms. The predicted molar refractivity (Wildman–Crippen MR) is 108 cm³/mol. The topological polar surface area (TPSA) is 77.2 Å². The molecule has 0 unspecified atom stereocenters. The average molecular weight is 379 g/mol. The number of hydrogen-bond donors (Lipinski definition) is 1. The van der Waals surface area contributed by atoms with Crippen molar-refractivity contribution in [2.24, 2.45) is 0 Å². The molecule has 0 radical (unpaired) electrons. The number of nitrogens with zero attached hydrogens (tertiary/aromatic N) is 2. The molecule has 3 rings (SSSR count). The second-order valence-electron chi connectivity index (χ2n) is 6.68. The van der Waals surface area contributed by atoms with Gasteiger partial charge in [-0.1, -0.05) is 37.2 Å². The Morgan fingerprint density at radius 3 is 2.64 bits per heavy atom. The first-order chi connectivity index (χ1) is 13.6. The third kappa shape index (κ3) is 4.76. The molecule has 0 fully saturated rings. The van der Waals surface area contributed by atoms with Gasteiger partial charge in [-0.15, -0.1) is 0 Å². The summed E-state index contributed by atoms with van der Waals surface area (Å²) in [5.41, 5.74) is 2.85. The molecular weight excluding hydrogens is 354 g/mol. The van der Waals surface area contributed by atoms with Crippen molar-refractivity contribution in [3.8, 4) is 17.1 Å². The molecule has 1 atom stereocenters. The van der Waals surface area contributed by atoms with E-state index in [2.05, 4.69) is 35.4 Å². The summed E-state index contributed by atoms with van der Waals surface area (Å²) in [5.74, 6) is 2.03.